The molecule has 11 heteroatoms. The van der Waals surface area contributed by atoms with E-state index in [4.69, 9.17) is 4.42 Å². The fourth-order valence-corrected chi connectivity index (χ4v) is 4.46. The lowest BCUT2D eigenvalue weighted by atomic mass is 9.79. The molecule has 0 radical (unpaired) electrons. The zero-order valence-electron chi connectivity index (χ0n) is 22.3. The standard InChI is InChI=1S/C26H37N5O6/c1-16(2)13-31(17-10-26(6,23(33)34)15-30(14-17)24(35)36)21(32)19-12-28-22(25(3,4)5)29-20(19)27-11-18-8-7-9-37-18/h7-9,12,16-17H,10-11,13-15H2,1-6H3,(H,33,34)(H,35,36)(H,27,28,29)/t17-,26+/m0/s1. The van der Waals surface area contributed by atoms with Crippen molar-refractivity contribution in [3.63, 3.8) is 0 Å². The summed E-state index contributed by atoms with van der Waals surface area (Å²) in [5.41, 5.74) is -1.47. The smallest absolute Gasteiger partial charge is 0.407 e. The van der Waals surface area contributed by atoms with Crippen LogP contribution in [0, 0.1) is 11.3 Å². The molecule has 1 saturated heterocycles. The molecule has 0 unspecified atom stereocenters. The summed E-state index contributed by atoms with van der Waals surface area (Å²) in [4.78, 5) is 49.8. The van der Waals surface area contributed by atoms with Crippen LogP contribution < -0.4 is 5.32 Å². The maximum absolute atomic E-state index is 14.0. The third kappa shape index (κ3) is 6.58. The molecular weight excluding hydrogens is 478 g/mol. The van der Waals surface area contributed by atoms with Gasteiger partial charge in [-0.2, -0.15) is 0 Å². The maximum atomic E-state index is 14.0. The monoisotopic (exact) mass is 515 g/mol. The van der Waals surface area contributed by atoms with E-state index in [1.54, 1.807) is 23.3 Å². The fraction of sp³-hybridized carbons (Fsp3) is 0.577. The minimum atomic E-state index is -1.33. The average molecular weight is 516 g/mol. The highest BCUT2D eigenvalue weighted by atomic mass is 16.4. The summed E-state index contributed by atoms with van der Waals surface area (Å²) in [7, 11) is 0. The molecule has 37 heavy (non-hydrogen) atoms. The molecule has 202 valence electrons. The number of likely N-dealkylation sites (tertiary alicyclic amines) is 1. The van der Waals surface area contributed by atoms with Crippen molar-refractivity contribution in [3.05, 3.63) is 41.7 Å². The Hall–Kier alpha value is -3.63. The minimum Gasteiger partial charge on any atom is -0.481 e. The predicted molar refractivity (Wildman–Crippen MR) is 136 cm³/mol. The van der Waals surface area contributed by atoms with Crippen LogP contribution in [-0.2, 0) is 16.8 Å². The number of rotatable bonds is 8. The number of hydrogen-bond acceptors (Lipinski definition) is 7. The van der Waals surface area contributed by atoms with Gasteiger partial charge in [0.2, 0.25) is 0 Å². The number of aromatic nitrogens is 2. The molecule has 0 aliphatic carbocycles. The van der Waals surface area contributed by atoms with Crippen molar-refractivity contribution in [2.45, 2.75) is 66.0 Å². The van der Waals surface area contributed by atoms with Crippen LogP contribution in [0.3, 0.4) is 0 Å². The Morgan fingerprint density at radius 2 is 2.00 bits per heavy atom. The average Bonchev–Trinajstić information content (AvgIpc) is 3.33. The van der Waals surface area contributed by atoms with E-state index in [1.807, 2.05) is 34.6 Å². The van der Waals surface area contributed by atoms with Gasteiger partial charge in [0.15, 0.2) is 0 Å². The number of anilines is 1. The fourth-order valence-electron chi connectivity index (χ4n) is 4.46. The Morgan fingerprint density at radius 1 is 1.30 bits per heavy atom. The van der Waals surface area contributed by atoms with Gasteiger partial charge in [0.05, 0.1) is 24.3 Å². The molecule has 2 aromatic rings. The molecule has 3 N–H and O–H groups in total. The summed E-state index contributed by atoms with van der Waals surface area (Å²) in [5.74, 6) is 0.112. The molecule has 0 aromatic carbocycles. The molecule has 3 heterocycles. The minimum absolute atomic E-state index is 0.0206. The highest BCUT2D eigenvalue weighted by molar-refractivity contribution is 5.98. The molecule has 3 rings (SSSR count). The van der Waals surface area contributed by atoms with Crippen molar-refractivity contribution in [3.8, 4) is 0 Å². The van der Waals surface area contributed by atoms with Gasteiger partial charge in [-0.15, -0.1) is 0 Å². The Kier molecular flexibility index (Phi) is 8.14. The van der Waals surface area contributed by atoms with Gasteiger partial charge in [0.1, 0.15) is 23.0 Å². The van der Waals surface area contributed by atoms with Crippen LogP contribution in [0.4, 0.5) is 10.6 Å². The van der Waals surface area contributed by atoms with Gasteiger partial charge in [-0.25, -0.2) is 14.8 Å². The van der Waals surface area contributed by atoms with Crippen molar-refractivity contribution >= 4 is 23.8 Å². The lowest BCUT2D eigenvalue weighted by molar-refractivity contribution is -0.152. The number of carbonyl (C=O) groups excluding carboxylic acids is 1. The van der Waals surface area contributed by atoms with Crippen LogP contribution >= 0.6 is 0 Å². The Balaban J connectivity index is 2.02. The topological polar surface area (TPSA) is 149 Å². The SMILES string of the molecule is CC(C)CN(C(=O)c1cnc(C(C)(C)C)nc1NCc1ccco1)[C@@H]1CN(C(=O)O)C[C@](C)(C(=O)O)C1. The Morgan fingerprint density at radius 3 is 2.54 bits per heavy atom. The molecule has 2 aromatic heterocycles. The first-order valence-electron chi connectivity index (χ1n) is 12.4. The number of nitrogens with zero attached hydrogens (tertiary/aromatic N) is 4. The van der Waals surface area contributed by atoms with E-state index in [-0.39, 0.29) is 42.3 Å². The van der Waals surface area contributed by atoms with Gasteiger partial charge in [0, 0.05) is 31.2 Å². The van der Waals surface area contributed by atoms with E-state index in [0.29, 0.717) is 30.5 Å². The number of carboxylic acid groups (broad SMARTS) is 2. The van der Waals surface area contributed by atoms with E-state index in [0.717, 1.165) is 4.90 Å². The largest absolute Gasteiger partial charge is 0.481 e. The van der Waals surface area contributed by atoms with Crippen molar-refractivity contribution in [1.29, 1.82) is 0 Å². The number of furan rings is 1. The number of piperidine rings is 1. The summed E-state index contributed by atoms with van der Waals surface area (Å²) < 4.78 is 5.41. The van der Waals surface area contributed by atoms with E-state index in [2.05, 4.69) is 15.3 Å². The number of nitrogens with one attached hydrogen (secondary N) is 1. The summed E-state index contributed by atoms with van der Waals surface area (Å²) in [5, 5.41) is 22.8. The van der Waals surface area contributed by atoms with Gasteiger partial charge < -0.3 is 29.7 Å². The lowest BCUT2D eigenvalue weighted by Crippen LogP contribution is -2.59. The van der Waals surface area contributed by atoms with E-state index in [9.17, 15) is 24.6 Å². The van der Waals surface area contributed by atoms with Crippen LogP contribution in [0.15, 0.2) is 29.0 Å². The highest BCUT2D eigenvalue weighted by Crippen LogP contribution is 2.34. The van der Waals surface area contributed by atoms with E-state index >= 15 is 0 Å². The number of amides is 2. The third-order valence-corrected chi connectivity index (χ3v) is 6.41. The summed E-state index contributed by atoms with van der Waals surface area (Å²) in [6.45, 7) is 11.8. The van der Waals surface area contributed by atoms with Crippen LogP contribution in [0.25, 0.3) is 0 Å². The lowest BCUT2D eigenvalue weighted by Gasteiger charge is -2.45. The molecule has 0 bridgehead atoms. The predicted octanol–water partition coefficient (Wildman–Crippen LogP) is 3.92. The molecule has 2 atom stereocenters. The van der Waals surface area contributed by atoms with Crippen molar-refractivity contribution in [2.24, 2.45) is 11.3 Å². The van der Waals surface area contributed by atoms with Crippen LogP contribution in [0.5, 0.6) is 0 Å². The van der Waals surface area contributed by atoms with Gasteiger partial charge in [-0.3, -0.25) is 9.59 Å². The molecule has 11 nitrogen and oxygen atoms in total. The normalized spacial score (nSPS) is 20.1. The van der Waals surface area contributed by atoms with Gasteiger partial charge in [0.25, 0.3) is 5.91 Å². The quantitative estimate of drug-likeness (QED) is 0.475. The van der Waals surface area contributed by atoms with Crippen LogP contribution in [0.2, 0.25) is 0 Å². The van der Waals surface area contributed by atoms with Gasteiger partial charge >= 0.3 is 12.1 Å². The van der Waals surface area contributed by atoms with Gasteiger partial charge in [-0.1, -0.05) is 34.6 Å². The van der Waals surface area contributed by atoms with Crippen molar-refractivity contribution < 1.29 is 29.0 Å². The van der Waals surface area contributed by atoms with Crippen molar-refractivity contribution in [2.75, 3.05) is 25.0 Å². The van der Waals surface area contributed by atoms with Crippen LogP contribution in [-0.4, -0.2) is 73.6 Å². The molecule has 0 spiro atoms. The summed E-state index contributed by atoms with van der Waals surface area (Å²) in [6.07, 6.45) is 1.96. The third-order valence-electron chi connectivity index (χ3n) is 6.41. The number of aliphatic carboxylic acids is 1. The zero-order valence-corrected chi connectivity index (χ0v) is 22.3. The second-order valence-corrected chi connectivity index (χ2v) is 11.4. The van der Waals surface area contributed by atoms with Crippen LogP contribution in [0.1, 0.15) is 69.9 Å². The Bertz CT molecular complexity index is 1130. The zero-order chi connectivity index (χ0) is 27.5. The van der Waals surface area contributed by atoms with E-state index in [1.165, 1.54) is 13.1 Å². The van der Waals surface area contributed by atoms with Crippen molar-refractivity contribution in [1.82, 2.24) is 19.8 Å². The number of carbonyl (C=O) groups is 3. The first-order valence-corrected chi connectivity index (χ1v) is 12.4. The Labute approximate surface area is 216 Å². The molecule has 0 saturated carbocycles. The molecule has 1 fully saturated rings. The molecule has 1 aliphatic heterocycles. The second-order valence-electron chi connectivity index (χ2n) is 11.4. The first-order chi connectivity index (χ1) is 17.2. The molecule has 1 aliphatic rings. The number of carboxylic acids is 1. The summed E-state index contributed by atoms with van der Waals surface area (Å²) in [6, 6.07) is 2.94. The van der Waals surface area contributed by atoms with E-state index < -0.39 is 23.5 Å². The number of hydrogen-bond donors (Lipinski definition) is 3. The van der Waals surface area contributed by atoms with Gasteiger partial charge in [-0.05, 0) is 31.4 Å². The molecule has 2 amide bonds. The maximum Gasteiger partial charge on any atom is 0.407 e. The summed E-state index contributed by atoms with van der Waals surface area (Å²) >= 11 is 0. The first kappa shape index (κ1) is 27.9. The second kappa shape index (κ2) is 10.8. The molecular formula is C26H37N5O6. The highest BCUT2D eigenvalue weighted by Gasteiger charge is 2.46.